The first-order valence-corrected chi connectivity index (χ1v) is 3.80. The Morgan fingerprint density at radius 3 is 2.93 bits per heavy atom. The van der Waals surface area contributed by atoms with Crippen molar-refractivity contribution in [2.24, 2.45) is 10.9 Å². The van der Waals surface area contributed by atoms with Crippen molar-refractivity contribution in [3.8, 4) is 0 Å². The molecule has 0 saturated carbocycles. The Labute approximate surface area is 79.9 Å². The van der Waals surface area contributed by atoms with Crippen LogP contribution in [0.1, 0.15) is 12.7 Å². The van der Waals surface area contributed by atoms with E-state index < -0.39 is 4.92 Å². The van der Waals surface area contributed by atoms with Gasteiger partial charge in [-0.3, -0.25) is 10.1 Å². The molecule has 0 fully saturated rings. The number of allylic oxidation sites excluding steroid dienone is 1. The number of nitrogens with two attached hydrogens (primary N) is 1. The summed E-state index contributed by atoms with van der Waals surface area (Å²) in [5.41, 5.74) is 0.601. The van der Waals surface area contributed by atoms with E-state index in [-0.39, 0.29) is 5.88 Å². The van der Waals surface area contributed by atoms with Gasteiger partial charge in [0.15, 0.2) is 0 Å². The van der Waals surface area contributed by atoms with Crippen LogP contribution < -0.4 is 5.84 Å². The van der Waals surface area contributed by atoms with Gasteiger partial charge in [-0.2, -0.15) is 5.10 Å². The first-order chi connectivity index (χ1) is 6.63. The van der Waals surface area contributed by atoms with Crippen LogP contribution in [0, 0.1) is 10.1 Å². The van der Waals surface area contributed by atoms with Gasteiger partial charge in [-0.1, -0.05) is 0 Å². The number of nitrogens with zero attached hydrogens (tertiary/aromatic N) is 2. The summed E-state index contributed by atoms with van der Waals surface area (Å²) < 4.78 is 4.86. The van der Waals surface area contributed by atoms with E-state index in [1.165, 1.54) is 12.1 Å². The summed E-state index contributed by atoms with van der Waals surface area (Å²) in [4.78, 5) is 9.66. The van der Waals surface area contributed by atoms with Crippen LogP contribution in [0.5, 0.6) is 0 Å². The van der Waals surface area contributed by atoms with Crippen molar-refractivity contribution in [1.82, 2.24) is 0 Å². The highest BCUT2D eigenvalue weighted by molar-refractivity contribution is 5.95. The standard InChI is InChI=1S/C8H9N3O3/c1-6(10-9)2-3-7-4-5-8(14-7)11(12)13/h2-5H,9H2,1H3/b3-2+,10-6+. The van der Waals surface area contributed by atoms with E-state index in [1.54, 1.807) is 19.1 Å². The predicted octanol–water partition coefficient (Wildman–Crippen LogP) is 1.54. The fourth-order valence-electron chi connectivity index (χ4n) is 0.776. The van der Waals surface area contributed by atoms with E-state index in [2.05, 4.69) is 5.10 Å². The largest absolute Gasteiger partial charge is 0.433 e. The molecule has 0 aromatic carbocycles. The zero-order valence-electron chi connectivity index (χ0n) is 7.51. The SMILES string of the molecule is CC(/C=C/c1ccc([N+](=O)[O-])o1)=N\N. The molecule has 0 bridgehead atoms. The molecule has 1 aromatic heterocycles. The molecule has 1 rings (SSSR count). The minimum Gasteiger partial charge on any atom is -0.401 e. The average Bonchev–Trinajstić information content (AvgIpc) is 2.62. The predicted molar refractivity (Wildman–Crippen MR) is 51.7 cm³/mol. The van der Waals surface area contributed by atoms with Crippen molar-refractivity contribution in [2.75, 3.05) is 0 Å². The average molecular weight is 195 g/mol. The number of hydrazone groups is 1. The van der Waals surface area contributed by atoms with Gasteiger partial charge in [0.25, 0.3) is 0 Å². The second-order valence-corrected chi connectivity index (χ2v) is 2.54. The van der Waals surface area contributed by atoms with Gasteiger partial charge in [-0.05, 0) is 25.1 Å². The van der Waals surface area contributed by atoms with Crippen molar-refractivity contribution >= 4 is 17.7 Å². The molecule has 74 valence electrons. The van der Waals surface area contributed by atoms with Crippen molar-refractivity contribution in [2.45, 2.75) is 6.92 Å². The van der Waals surface area contributed by atoms with E-state index in [0.717, 1.165) is 0 Å². The molecule has 0 unspecified atom stereocenters. The Balaban J connectivity index is 2.78. The van der Waals surface area contributed by atoms with Crippen LogP contribution >= 0.6 is 0 Å². The molecule has 0 amide bonds. The van der Waals surface area contributed by atoms with Gasteiger partial charge in [0, 0.05) is 0 Å². The van der Waals surface area contributed by atoms with Gasteiger partial charge in [0.2, 0.25) is 0 Å². The van der Waals surface area contributed by atoms with Crippen molar-refractivity contribution in [3.05, 3.63) is 34.1 Å². The Morgan fingerprint density at radius 1 is 1.71 bits per heavy atom. The normalized spacial score (nSPS) is 12.2. The van der Waals surface area contributed by atoms with E-state index in [0.29, 0.717) is 11.5 Å². The van der Waals surface area contributed by atoms with Crippen LogP contribution in [0.25, 0.3) is 6.08 Å². The molecule has 0 atom stereocenters. The molecule has 2 N–H and O–H groups in total. The second kappa shape index (κ2) is 4.22. The molecule has 0 radical (unpaired) electrons. The third-order valence-corrected chi connectivity index (χ3v) is 1.48. The zero-order valence-corrected chi connectivity index (χ0v) is 7.51. The molecule has 0 spiro atoms. The van der Waals surface area contributed by atoms with Gasteiger partial charge in [0.05, 0.1) is 11.8 Å². The van der Waals surface area contributed by atoms with Gasteiger partial charge in [-0.15, -0.1) is 0 Å². The lowest BCUT2D eigenvalue weighted by Gasteiger charge is -1.85. The highest BCUT2D eigenvalue weighted by Crippen LogP contribution is 2.16. The van der Waals surface area contributed by atoms with Crippen LogP contribution in [0.3, 0.4) is 0 Å². The third kappa shape index (κ3) is 2.44. The summed E-state index contributed by atoms with van der Waals surface area (Å²) in [7, 11) is 0. The van der Waals surface area contributed by atoms with Gasteiger partial charge < -0.3 is 10.3 Å². The minimum absolute atomic E-state index is 0.285. The number of hydrogen-bond donors (Lipinski definition) is 1. The molecule has 1 heterocycles. The highest BCUT2D eigenvalue weighted by Gasteiger charge is 2.09. The molecule has 14 heavy (non-hydrogen) atoms. The number of hydrogen-bond acceptors (Lipinski definition) is 5. The molecular weight excluding hydrogens is 186 g/mol. The van der Waals surface area contributed by atoms with Crippen LogP contribution in [0.4, 0.5) is 5.88 Å². The van der Waals surface area contributed by atoms with E-state index in [4.69, 9.17) is 10.3 Å². The quantitative estimate of drug-likeness (QED) is 0.342. The van der Waals surface area contributed by atoms with E-state index in [1.807, 2.05) is 0 Å². The second-order valence-electron chi connectivity index (χ2n) is 2.54. The molecule has 0 aliphatic heterocycles. The maximum absolute atomic E-state index is 10.3. The van der Waals surface area contributed by atoms with Gasteiger partial charge in [0.1, 0.15) is 10.7 Å². The molecule has 0 saturated heterocycles. The molecule has 1 aromatic rings. The first-order valence-electron chi connectivity index (χ1n) is 3.80. The summed E-state index contributed by atoms with van der Waals surface area (Å²) in [5, 5.41) is 13.7. The maximum Gasteiger partial charge on any atom is 0.433 e. The topological polar surface area (TPSA) is 94.7 Å². The Bertz CT molecular complexity index is 392. The summed E-state index contributed by atoms with van der Waals surface area (Å²) in [6.45, 7) is 1.70. The summed E-state index contributed by atoms with van der Waals surface area (Å²) in [5.74, 6) is 5.09. The Morgan fingerprint density at radius 2 is 2.43 bits per heavy atom. The van der Waals surface area contributed by atoms with Crippen LogP contribution in [0.2, 0.25) is 0 Å². The lowest BCUT2D eigenvalue weighted by molar-refractivity contribution is -0.402. The first kappa shape index (κ1) is 9.97. The number of nitro groups is 1. The lowest BCUT2D eigenvalue weighted by atomic mass is 10.3. The van der Waals surface area contributed by atoms with Gasteiger partial charge >= 0.3 is 5.88 Å². The van der Waals surface area contributed by atoms with Crippen LogP contribution in [-0.4, -0.2) is 10.6 Å². The van der Waals surface area contributed by atoms with E-state index in [9.17, 15) is 10.1 Å². The lowest BCUT2D eigenvalue weighted by Crippen LogP contribution is -1.89. The monoisotopic (exact) mass is 195 g/mol. The van der Waals surface area contributed by atoms with Crippen molar-refractivity contribution in [1.29, 1.82) is 0 Å². The molecule has 6 heteroatoms. The Kier molecular flexibility index (Phi) is 3.01. The molecule has 0 aliphatic rings. The summed E-state index contributed by atoms with van der Waals surface area (Å²) in [6, 6.07) is 2.78. The fourth-order valence-corrected chi connectivity index (χ4v) is 0.776. The van der Waals surface area contributed by atoms with Crippen LogP contribution in [0.15, 0.2) is 27.7 Å². The third-order valence-electron chi connectivity index (χ3n) is 1.48. The fraction of sp³-hybridized carbons (Fsp3) is 0.125. The van der Waals surface area contributed by atoms with Crippen molar-refractivity contribution in [3.63, 3.8) is 0 Å². The minimum atomic E-state index is -0.596. The Hall–Kier alpha value is -2.11. The summed E-state index contributed by atoms with van der Waals surface area (Å²) in [6.07, 6.45) is 3.15. The van der Waals surface area contributed by atoms with E-state index >= 15 is 0 Å². The van der Waals surface area contributed by atoms with Gasteiger partial charge in [-0.25, -0.2) is 0 Å². The molecule has 6 nitrogen and oxygen atoms in total. The molecule has 0 aliphatic carbocycles. The maximum atomic E-state index is 10.3. The molecular formula is C8H9N3O3. The number of furan rings is 1. The zero-order chi connectivity index (χ0) is 10.6. The van der Waals surface area contributed by atoms with Crippen molar-refractivity contribution < 1.29 is 9.34 Å². The highest BCUT2D eigenvalue weighted by atomic mass is 16.6. The number of rotatable bonds is 3. The van der Waals surface area contributed by atoms with Crippen LogP contribution in [-0.2, 0) is 0 Å². The summed E-state index contributed by atoms with van der Waals surface area (Å²) >= 11 is 0. The smallest absolute Gasteiger partial charge is 0.401 e.